The van der Waals surface area contributed by atoms with Crippen molar-refractivity contribution in [3.8, 4) is 0 Å². The van der Waals surface area contributed by atoms with Gasteiger partial charge in [-0.25, -0.2) is 4.39 Å². The first kappa shape index (κ1) is 19.2. The average molecular weight is 384 g/mol. The van der Waals surface area contributed by atoms with Crippen LogP contribution in [0.15, 0.2) is 30.0 Å². The van der Waals surface area contributed by atoms with Crippen LogP contribution >= 0.6 is 0 Å². The Morgan fingerprint density at radius 2 is 1.57 bits per heavy atom. The van der Waals surface area contributed by atoms with Crippen molar-refractivity contribution in [1.82, 2.24) is 9.80 Å². The molecule has 0 bridgehead atoms. The van der Waals surface area contributed by atoms with Crippen LogP contribution in [0.1, 0.15) is 63.9 Å². The first-order valence-electron chi connectivity index (χ1n) is 10.7. The zero-order valence-corrected chi connectivity index (χ0v) is 16.6. The highest BCUT2D eigenvalue weighted by Gasteiger charge is 2.45. The maximum Gasteiger partial charge on any atom is 0.278 e. The Morgan fingerprint density at radius 1 is 0.893 bits per heavy atom. The van der Waals surface area contributed by atoms with Crippen molar-refractivity contribution in [3.63, 3.8) is 0 Å². The van der Waals surface area contributed by atoms with E-state index in [2.05, 4.69) is 11.8 Å². The summed E-state index contributed by atoms with van der Waals surface area (Å²) >= 11 is 0. The largest absolute Gasteiger partial charge is 0.366 e. The Hall–Kier alpha value is -2.17. The Labute approximate surface area is 166 Å². The van der Waals surface area contributed by atoms with E-state index in [-0.39, 0.29) is 23.7 Å². The minimum Gasteiger partial charge on any atom is -0.366 e. The molecule has 2 heterocycles. The number of carbonyl (C=O) groups is 2. The van der Waals surface area contributed by atoms with Gasteiger partial charge in [-0.15, -0.1) is 0 Å². The second kappa shape index (κ2) is 8.06. The molecule has 4 rings (SSSR count). The van der Waals surface area contributed by atoms with Gasteiger partial charge in [0.25, 0.3) is 11.8 Å². The molecule has 4 nitrogen and oxygen atoms in total. The molecule has 2 aliphatic heterocycles. The Bertz CT molecular complexity index is 778. The summed E-state index contributed by atoms with van der Waals surface area (Å²) in [4.78, 5) is 30.6. The number of hydrogen-bond donors (Lipinski definition) is 0. The highest BCUT2D eigenvalue weighted by Crippen LogP contribution is 2.37. The molecule has 150 valence electrons. The maximum absolute atomic E-state index is 13.5. The monoisotopic (exact) mass is 384 g/mol. The SMILES string of the molecule is CC1CCCN(C2=C(c3ccc(F)cc3)C(=O)N(C3CCCCCC3)C2=O)C1. The zero-order valence-electron chi connectivity index (χ0n) is 16.6. The fourth-order valence-electron chi connectivity index (χ4n) is 4.95. The van der Waals surface area contributed by atoms with Gasteiger partial charge in [0.15, 0.2) is 0 Å². The molecule has 0 N–H and O–H groups in total. The molecule has 1 aromatic rings. The quantitative estimate of drug-likeness (QED) is 0.574. The van der Waals surface area contributed by atoms with Gasteiger partial charge in [0.1, 0.15) is 11.5 Å². The first-order valence-corrected chi connectivity index (χ1v) is 10.7. The van der Waals surface area contributed by atoms with E-state index in [1.807, 2.05) is 0 Å². The fraction of sp³-hybridized carbons (Fsp3) is 0.565. The second-order valence-electron chi connectivity index (χ2n) is 8.55. The van der Waals surface area contributed by atoms with Gasteiger partial charge in [0.2, 0.25) is 0 Å². The molecule has 28 heavy (non-hydrogen) atoms. The van der Waals surface area contributed by atoms with Gasteiger partial charge >= 0.3 is 0 Å². The van der Waals surface area contributed by atoms with Crippen molar-refractivity contribution in [1.29, 1.82) is 0 Å². The van der Waals surface area contributed by atoms with Crippen LogP contribution in [-0.2, 0) is 9.59 Å². The number of carbonyl (C=O) groups excluding carboxylic acids is 2. The van der Waals surface area contributed by atoms with E-state index in [9.17, 15) is 14.0 Å². The Balaban J connectivity index is 1.74. The van der Waals surface area contributed by atoms with E-state index >= 15 is 0 Å². The molecule has 2 fully saturated rings. The van der Waals surface area contributed by atoms with Crippen molar-refractivity contribution in [2.75, 3.05) is 13.1 Å². The average Bonchev–Trinajstić information content (AvgIpc) is 2.84. The summed E-state index contributed by atoms with van der Waals surface area (Å²) < 4.78 is 13.5. The minimum absolute atomic E-state index is 0.0161. The van der Waals surface area contributed by atoms with Crippen LogP contribution in [0.25, 0.3) is 5.57 Å². The number of likely N-dealkylation sites (tertiary alicyclic amines) is 1. The molecule has 0 radical (unpaired) electrons. The Morgan fingerprint density at radius 3 is 2.21 bits per heavy atom. The summed E-state index contributed by atoms with van der Waals surface area (Å²) in [5.74, 6) is -0.192. The standard InChI is InChI=1S/C23H29FN2O2/c1-16-7-6-14-25(15-16)21-20(17-10-12-18(24)13-11-17)22(27)26(23(21)28)19-8-4-2-3-5-9-19/h10-13,16,19H,2-9,14-15H2,1H3. The van der Waals surface area contributed by atoms with Crippen LogP contribution in [0.3, 0.4) is 0 Å². The van der Waals surface area contributed by atoms with Crippen molar-refractivity contribution < 1.29 is 14.0 Å². The van der Waals surface area contributed by atoms with Gasteiger partial charge in [0, 0.05) is 19.1 Å². The van der Waals surface area contributed by atoms with Gasteiger partial charge in [-0.3, -0.25) is 14.5 Å². The van der Waals surface area contributed by atoms with Crippen molar-refractivity contribution in [2.24, 2.45) is 5.92 Å². The molecule has 1 saturated carbocycles. The summed E-state index contributed by atoms with van der Waals surface area (Å²) in [6.07, 6.45) is 8.39. The van der Waals surface area contributed by atoms with Crippen LogP contribution in [0.4, 0.5) is 4.39 Å². The molecule has 1 aromatic carbocycles. The number of amides is 2. The molecule has 1 atom stereocenters. The van der Waals surface area contributed by atoms with E-state index in [4.69, 9.17) is 0 Å². The predicted molar refractivity (Wildman–Crippen MR) is 107 cm³/mol. The molecule has 1 saturated heterocycles. The molecular weight excluding hydrogens is 355 g/mol. The van der Waals surface area contributed by atoms with E-state index in [0.717, 1.165) is 51.6 Å². The van der Waals surface area contributed by atoms with E-state index < -0.39 is 0 Å². The lowest BCUT2D eigenvalue weighted by Crippen LogP contribution is -2.43. The summed E-state index contributed by atoms with van der Waals surface area (Å²) in [6.45, 7) is 3.77. The normalized spacial score (nSPS) is 24.9. The number of piperidine rings is 1. The Kier molecular flexibility index (Phi) is 5.51. The highest BCUT2D eigenvalue weighted by atomic mass is 19.1. The topological polar surface area (TPSA) is 40.6 Å². The molecule has 5 heteroatoms. The van der Waals surface area contributed by atoms with Crippen molar-refractivity contribution >= 4 is 17.4 Å². The van der Waals surface area contributed by atoms with Crippen LogP contribution in [-0.4, -0.2) is 40.7 Å². The zero-order chi connectivity index (χ0) is 19.7. The first-order chi connectivity index (χ1) is 13.6. The fourth-order valence-corrected chi connectivity index (χ4v) is 4.95. The van der Waals surface area contributed by atoms with E-state index in [1.54, 1.807) is 12.1 Å². The smallest absolute Gasteiger partial charge is 0.278 e. The van der Waals surface area contributed by atoms with Crippen LogP contribution in [0.2, 0.25) is 0 Å². The van der Waals surface area contributed by atoms with Gasteiger partial charge in [0.05, 0.1) is 5.57 Å². The van der Waals surface area contributed by atoms with E-state index in [0.29, 0.717) is 22.8 Å². The van der Waals surface area contributed by atoms with Gasteiger partial charge in [-0.2, -0.15) is 0 Å². The number of halogens is 1. The number of rotatable bonds is 3. The molecule has 1 aliphatic carbocycles. The summed E-state index contributed by atoms with van der Waals surface area (Å²) in [6, 6.07) is 5.97. The lowest BCUT2D eigenvalue weighted by atomic mass is 9.98. The second-order valence-corrected chi connectivity index (χ2v) is 8.55. The summed E-state index contributed by atoms with van der Waals surface area (Å²) in [7, 11) is 0. The minimum atomic E-state index is -0.338. The van der Waals surface area contributed by atoms with Crippen molar-refractivity contribution in [2.45, 2.75) is 64.3 Å². The molecule has 0 aromatic heterocycles. The number of benzene rings is 1. The third-order valence-corrected chi connectivity index (χ3v) is 6.39. The number of hydrogen-bond acceptors (Lipinski definition) is 3. The predicted octanol–water partition coefficient (Wildman–Crippen LogP) is 4.36. The van der Waals surface area contributed by atoms with Gasteiger partial charge in [-0.05, 0) is 49.3 Å². The molecule has 1 unspecified atom stereocenters. The van der Waals surface area contributed by atoms with Crippen LogP contribution in [0, 0.1) is 11.7 Å². The summed E-state index contributed by atoms with van der Waals surface area (Å²) in [5, 5.41) is 0. The van der Waals surface area contributed by atoms with Gasteiger partial charge < -0.3 is 4.90 Å². The van der Waals surface area contributed by atoms with Crippen LogP contribution in [0.5, 0.6) is 0 Å². The molecule has 3 aliphatic rings. The van der Waals surface area contributed by atoms with Crippen LogP contribution < -0.4 is 0 Å². The third kappa shape index (κ3) is 3.59. The highest BCUT2D eigenvalue weighted by molar-refractivity contribution is 6.35. The van der Waals surface area contributed by atoms with Gasteiger partial charge in [-0.1, -0.05) is 44.7 Å². The van der Waals surface area contributed by atoms with E-state index in [1.165, 1.54) is 29.9 Å². The molecule has 2 amide bonds. The third-order valence-electron chi connectivity index (χ3n) is 6.39. The van der Waals surface area contributed by atoms with Crippen molar-refractivity contribution in [3.05, 3.63) is 41.3 Å². The number of imide groups is 1. The lowest BCUT2D eigenvalue weighted by Gasteiger charge is -2.34. The molecular formula is C23H29FN2O2. The number of nitrogens with zero attached hydrogens (tertiary/aromatic N) is 2. The summed E-state index contributed by atoms with van der Waals surface area (Å²) in [5.41, 5.74) is 1.64. The lowest BCUT2D eigenvalue weighted by molar-refractivity contribution is -0.140. The maximum atomic E-state index is 13.5. The molecule has 0 spiro atoms.